The average Bonchev–Trinajstić information content (AvgIpc) is 2.77. The Labute approximate surface area is 203 Å². The molecule has 0 aromatic carbocycles. The van der Waals surface area contributed by atoms with Crippen molar-refractivity contribution < 1.29 is 9.90 Å². The van der Waals surface area contributed by atoms with E-state index in [0.717, 1.165) is 6.08 Å². The third-order valence-electron chi connectivity index (χ3n) is 6.27. The highest BCUT2D eigenvalue weighted by Gasteiger charge is 1.95. The van der Waals surface area contributed by atoms with E-state index >= 15 is 0 Å². The number of aliphatic carboxylic acids is 1. The fraction of sp³-hybridized carbons (Fsp3) is 0.900. The Balaban J connectivity index is 0. The van der Waals surface area contributed by atoms with Crippen molar-refractivity contribution in [3.8, 4) is 0 Å². The molecular weight excluding hydrogens is 392 g/mol. The quantitative estimate of drug-likeness (QED) is 0.117. The van der Waals surface area contributed by atoms with Crippen LogP contribution in [0.3, 0.4) is 0 Å². The number of carboxylic acid groups (broad SMARTS) is 1. The second kappa shape index (κ2) is 32.4. The minimum atomic E-state index is -0.891. The molecule has 0 unspecified atom stereocenters. The van der Waals surface area contributed by atoms with Crippen molar-refractivity contribution in [2.45, 2.75) is 175 Å². The van der Waals surface area contributed by atoms with Crippen molar-refractivity contribution in [1.82, 2.24) is 0 Å². The molecule has 0 rings (SSSR count). The van der Waals surface area contributed by atoms with Crippen molar-refractivity contribution in [3.05, 3.63) is 12.2 Å². The summed E-state index contributed by atoms with van der Waals surface area (Å²) in [5, 5.41) is 7.83. The molecule has 0 bridgehead atoms. The van der Waals surface area contributed by atoms with E-state index in [9.17, 15) is 4.79 Å². The van der Waals surface area contributed by atoms with Crippen LogP contribution in [0.5, 0.6) is 0 Å². The first kappa shape index (κ1) is 33.4. The van der Waals surface area contributed by atoms with Crippen LogP contribution in [0.15, 0.2) is 12.2 Å². The van der Waals surface area contributed by atoms with Gasteiger partial charge in [-0.15, -0.1) is 0 Å². The molecule has 0 aliphatic rings. The van der Waals surface area contributed by atoms with Crippen LogP contribution in [0.2, 0.25) is 0 Å². The second-order valence-corrected chi connectivity index (χ2v) is 9.62. The molecule has 0 aliphatic carbocycles. The fourth-order valence-corrected chi connectivity index (χ4v) is 4.18. The van der Waals surface area contributed by atoms with Crippen LogP contribution >= 0.6 is 0 Å². The van der Waals surface area contributed by atoms with Gasteiger partial charge in [0.1, 0.15) is 0 Å². The highest BCUT2D eigenvalue weighted by atomic mass is 16.4. The number of carbonyl (C=O) groups is 1. The number of hydrogen-bond donors (Lipinski definition) is 1. The van der Waals surface area contributed by atoms with Crippen molar-refractivity contribution in [2.24, 2.45) is 0 Å². The van der Waals surface area contributed by atoms with Crippen LogP contribution in [0, 0.1) is 0 Å². The molecule has 32 heavy (non-hydrogen) atoms. The predicted octanol–water partition coefficient (Wildman–Crippen LogP) is 11.0. The molecule has 2 heteroatoms. The third kappa shape index (κ3) is 36.6. The van der Waals surface area contributed by atoms with Gasteiger partial charge in [0, 0.05) is 6.08 Å². The molecule has 1 N–H and O–H groups in total. The van der Waals surface area contributed by atoms with E-state index in [2.05, 4.69) is 13.8 Å². The summed E-state index contributed by atoms with van der Waals surface area (Å²) in [6, 6.07) is 0. The summed E-state index contributed by atoms with van der Waals surface area (Å²) in [6.45, 7) is 6.27. The van der Waals surface area contributed by atoms with Crippen LogP contribution in [0.25, 0.3) is 0 Å². The molecule has 0 saturated carbocycles. The summed E-state index contributed by atoms with van der Waals surface area (Å²) >= 11 is 0. The number of allylic oxidation sites excluding steroid dienone is 1. The number of hydrogen-bond acceptors (Lipinski definition) is 1. The van der Waals surface area contributed by atoms with Gasteiger partial charge in [-0.1, -0.05) is 174 Å². The standard InChI is InChI=1S/C26H54.C4H6O2/c1-3-5-7-9-11-13-15-17-19-21-23-25-26-24-22-20-18-16-14-12-10-8-6-4-2;1-2-3-4(5)6/h3-26H2,1-2H3;2-3H,1H3,(H,5,6). The van der Waals surface area contributed by atoms with Crippen molar-refractivity contribution in [2.75, 3.05) is 0 Å². The average molecular weight is 453 g/mol. The summed E-state index contributed by atoms with van der Waals surface area (Å²) in [4.78, 5) is 9.51. The molecule has 0 spiro atoms. The lowest BCUT2D eigenvalue weighted by Gasteiger charge is -2.04. The van der Waals surface area contributed by atoms with Crippen molar-refractivity contribution in [3.63, 3.8) is 0 Å². The zero-order valence-electron chi connectivity index (χ0n) is 22.5. The molecule has 0 heterocycles. The van der Waals surface area contributed by atoms with Gasteiger partial charge in [-0.2, -0.15) is 0 Å². The predicted molar refractivity (Wildman–Crippen MR) is 145 cm³/mol. The second-order valence-electron chi connectivity index (χ2n) is 9.62. The summed E-state index contributed by atoms with van der Waals surface area (Å²) in [5.74, 6) is -0.891. The normalized spacial score (nSPS) is 11.0. The fourth-order valence-electron chi connectivity index (χ4n) is 4.18. The number of unbranched alkanes of at least 4 members (excludes halogenated alkanes) is 23. The maximum absolute atomic E-state index is 9.51. The molecule has 0 atom stereocenters. The zero-order valence-corrected chi connectivity index (χ0v) is 22.5. The molecular formula is C30H60O2. The molecule has 0 saturated heterocycles. The molecule has 0 aliphatic heterocycles. The minimum absolute atomic E-state index is 0.891. The van der Waals surface area contributed by atoms with Crippen LogP contribution < -0.4 is 0 Å². The Hall–Kier alpha value is -0.790. The van der Waals surface area contributed by atoms with Crippen LogP contribution in [0.1, 0.15) is 175 Å². The van der Waals surface area contributed by atoms with E-state index in [-0.39, 0.29) is 0 Å². The molecule has 0 radical (unpaired) electrons. The van der Waals surface area contributed by atoms with Crippen LogP contribution in [-0.4, -0.2) is 11.1 Å². The van der Waals surface area contributed by atoms with Gasteiger partial charge in [0.2, 0.25) is 0 Å². The summed E-state index contributed by atoms with van der Waals surface area (Å²) in [6.07, 6.45) is 38.0. The van der Waals surface area contributed by atoms with E-state index in [1.54, 1.807) is 6.92 Å². The molecule has 2 nitrogen and oxygen atoms in total. The number of carboxylic acids is 1. The maximum Gasteiger partial charge on any atom is 0.327 e. The lowest BCUT2D eigenvalue weighted by Crippen LogP contribution is -1.84. The van der Waals surface area contributed by atoms with Gasteiger partial charge in [0.25, 0.3) is 0 Å². The largest absolute Gasteiger partial charge is 0.478 e. The van der Waals surface area contributed by atoms with E-state index in [0.29, 0.717) is 0 Å². The Bertz CT molecular complexity index is 338. The van der Waals surface area contributed by atoms with Gasteiger partial charge in [0.15, 0.2) is 0 Å². The topological polar surface area (TPSA) is 37.3 Å². The van der Waals surface area contributed by atoms with Crippen LogP contribution in [0.4, 0.5) is 0 Å². The maximum atomic E-state index is 9.51. The lowest BCUT2D eigenvalue weighted by molar-refractivity contribution is -0.131. The SMILES string of the molecule is CC=CC(=O)O.CCCCCCCCCCCCCCCCCCCCCCCCCC. The molecule has 0 fully saturated rings. The Kier molecular flexibility index (Phi) is 33.8. The summed E-state index contributed by atoms with van der Waals surface area (Å²) in [5.41, 5.74) is 0. The van der Waals surface area contributed by atoms with Gasteiger partial charge >= 0.3 is 5.97 Å². The zero-order chi connectivity index (χ0) is 24.0. The van der Waals surface area contributed by atoms with Crippen molar-refractivity contribution in [1.29, 1.82) is 0 Å². The number of rotatable bonds is 24. The highest BCUT2D eigenvalue weighted by Crippen LogP contribution is 2.15. The molecule has 0 aromatic heterocycles. The summed E-state index contributed by atoms with van der Waals surface area (Å²) in [7, 11) is 0. The molecule has 0 amide bonds. The lowest BCUT2D eigenvalue weighted by atomic mass is 10.0. The van der Waals surface area contributed by atoms with E-state index in [4.69, 9.17) is 5.11 Å². The van der Waals surface area contributed by atoms with Gasteiger partial charge in [-0.25, -0.2) is 4.79 Å². The Morgan fingerprint density at radius 2 is 0.656 bits per heavy atom. The van der Waals surface area contributed by atoms with Gasteiger partial charge in [-0.05, 0) is 6.92 Å². The van der Waals surface area contributed by atoms with Gasteiger partial charge in [-0.3, -0.25) is 0 Å². The smallest absolute Gasteiger partial charge is 0.327 e. The molecule has 0 aromatic rings. The van der Waals surface area contributed by atoms with Gasteiger partial charge in [0.05, 0.1) is 0 Å². The first-order valence-corrected chi connectivity index (χ1v) is 14.5. The first-order valence-electron chi connectivity index (χ1n) is 14.5. The highest BCUT2D eigenvalue weighted by molar-refractivity contribution is 5.79. The van der Waals surface area contributed by atoms with Gasteiger partial charge < -0.3 is 5.11 Å². The minimum Gasteiger partial charge on any atom is -0.478 e. The van der Waals surface area contributed by atoms with E-state index in [1.807, 2.05) is 0 Å². The Morgan fingerprint density at radius 3 is 0.750 bits per heavy atom. The molecule has 192 valence electrons. The summed E-state index contributed by atoms with van der Waals surface area (Å²) < 4.78 is 0. The monoisotopic (exact) mass is 452 g/mol. The first-order chi connectivity index (χ1) is 15.7. The van der Waals surface area contributed by atoms with Crippen molar-refractivity contribution >= 4 is 5.97 Å². The van der Waals surface area contributed by atoms with Crippen LogP contribution in [-0.2, 0) is 4.79 Å². The Morgan fingerprint density at radius 1 is 0.469 bits per heavy atom. The third-order valence-corrected chi connectivity index (χ3v) is 6.27. The van der Waals surface area contributed by atoms with E-state index < -0.39 is 5.97 Å². The van der Waals surface area contributed by atoms with E-state index in [1.165, 1.54) is 160 Å².